The Balaban J connectivity index is 2.59. The molecule has 0 amide bonds. The summed E-state index contributed by atoms with van der Waals surface area (Å²) in [4.78, 5) is 0. The fraction of sp³-hybridized carbons (Fsp3) is 0.333. The summed E-state index contributed by atoms with van der Waals surface area (Å²) in [6.07, 6.45) is 7.93. The fourth-order valence-corrected chi connectivity index (χ4v) is 0.886. The van der Waals surface area contributed by atoms with Crippen molar-refractivity contribution in [3.63, 3.8) is 0 Å². The minimum absolute atomic E-state index is 0.456. The Morgan fingerprint density at radius 2 is 2.58 bits per heavy atom. The molecule has 0 atom stereocenters. The SMILES string of the molecule is CCn1cc(C=CCC#N)cn1. The van der Waals surface area contributed by atoms with Gasteiger partial charge >= 0.3 is 0 Å². The van der Waals surface area contributed by atoms with Crippen LogP contribution in [0.2, 0.25) is 0 Å². The molecule has 62 valence electrons. The summed E-state index contributed by atoms with van der Waals surface area (Å²) >= 11 is 0. The maximum atomic E-state index is 8.27. The van der Waals surface area contributed by atoms with Crippen LogP contribution < -0.4 is 0 Å². The van der Waals surface area contributed by atoms with E-state index >= 15 is 0 Å². The van der Waals surface area contributed by atoms with E-state index in [1.807, 2.05) is 36.0 Å². The lowest BCUT2D eigenvalue weighted by Crippen LogP contribution is -1.91. The summed E-state index contributed by atoms with van der Waals surface area (Å²) in [5.74, 6) is 0. The maximum Gasteiger partial charge on any atom is 0.0663 e. The van der Waals surface area contributed by atoms with Gasteiger partial charge in [0.1, 0.15) is 0 Å². The fourth-order valence-electron chi connectivity index (χ4n) is 0.886. The van der Waals surface area contributed by atoms with Crippen LogP contribution in [-0.4, -0.2) is 9.78 Å². The van der Waals surface area contributed by atoms with Gasteiger partial charge in [-0.1, -0.05) is 12.2 Å². The van der Waals surface area contributed by atoms with E-state index in [9.17, 15) is 0 Å². The van der Waals surface area contributed by atoms with Gasteiger partial charge in [0.15, 0.2) is 0 Å². The Bertz CT molecular complexity index is 304. The zero-order chi connectivity index (χ0) is 8.81. The van der Waals surface area contributed by atoms with Crippen molar-refractivity contribution in [1.82, 2.24) is 9.78 Å². The summed E-state index contributed by atoms with van der Waals surface area (Å²) in [6.45, 7) is 2.92. The molecule has 1 aromatic heterocycles. The molecule has 1 aromatic rings. The molecule has 0 bridgehead atoms. The number of allylic oxidation sites excluding steroid dienone is 1. The topological polar surface area (TPSA) is 41.6 Å². The zero-order valence-electron chi connectivity index (χ0n) is 7.07. The van der Waals surface area contributed by atoms with Gasteiger partial charge in [-0.25, -0.2) is 0 Å². The third kappa shape index (κ3) is 2.24. The first-order chi connectivity index (χ1) is 5.86. The van der Waals surface area contributed by atoms with Crippen molar-refractivity contribution in [1.29, 1.82) is 5.26 Å². The average Bonchev–Trinajstić information content (AvgIpc) is 2.53. The molecule has 1 rings (SSSR count). The number of nitriles is 1. The van der Waals surface area contributed by atoms with Gasteiger partial charge in [0.25, 0.3) is 0 Å². The highest BCUT2D eigenvalue weighted by Crippen LogP contribution is 2.00. The Morgan fingerprint density at radius 1 is 1.75 bits per heavy atom. The third-order valence-corrected chi connectivity index (χ3v) is 1.50. The first-order valence-corrected chi connectivity index (χ1v) is 3.92. The van der Waals surface area contributed by atoms with Gasteiger partial charge in [-0.2, -0.15) is 10.4 Å². The van der Waals surface area contributed by atoms with Gasteiger partial charge in [-0.05, 0) is 6.92 Å². The van der Waals surface area contributed by atoms with Crippen LogP contribution in [0.15, 0.2) is 18.5 Å². The molecule has 0 saturated heterocycles. The van der Waals surface area contributed by atoms with Crippen molar-refractivity contribution < 1.29 is 0 Å². The number of aryl methyl sites for hydroxylation is 1. The largest absolute Gasteiger partial charge is 0.272 e. The molecule has 0 aliphatic rings. The van der Waals surface area contributed by atoms with E-state index in [2.05, 4.69) is 5.10 Å². The Hall–Kier alpha value is -1.56. The number of hydrogen-bond donors (Lipinski definition) is 0. The van der Waals surface area contributed by atoms with Crippen LogP contribution in [0.5, 0.6) is 0 Å². The number of nitrogens with zero attached hydrogens (tertiary/aromatic N) is 3. The normalized spacial score (nSPS) is 10.3. The lowest BCUT2D eigenvalue weighted by molar-refractivity contribution is 0.660. The van der Waals surface area contributed by atoms with Crippen LogP contribution in [0.1, 0.15) is 18.9 Å². The predicted octanol–water partition coefficient (Wildman–Crippen LogP) is 1.83. The van der Waals surface area contributed by atoms with Crippen LogP contribution in [0.3, 0.4) is 0 Å². The molecule has 0 spiro atoms. The van der Waals surface area contributed by atoms with E-state index in [1.54, 1.807) is 6.20 Å². The molecule has 12 heavy (non-hydrogen) atoms. The van der Waals surface area contributed by atoms with Crippen LogP contribution >= 0.6 is 0 Å². The van der Waals surface area contributed by atoms with Crippen LogP contribution in [0, 0.1) is 11.3 Å². The highest BCUT2D eigenvalue weighted by atomic mass is 15.3. The van der Waals surface area contributed by atoms with Crippen molar-refractivity contribution in [2.45, 2.75) is 19.9 Å². The molecular weight excluding hydrogens is 150 g/mol. The quantitative estimate of drug-likeness (QED) is 0.678. The van der Waals surface area contributed by atoms with E-state index in [-0.39, 0.29) is 0 Å². The molecule has 3 heteroatoms. The van der Waals surface area contributed by atoms with Crippen molar-refractivity contribution in [3.8, 4) is 6.07 Å². The lowest BCUT2D eigenvalue weighted by atomic mass is 10.3. The second-order valence-electron chi connectivity index (χ2n) is 2.39. The molecule has 0 saturated carbocycles. The Morgan fingerprint density at radius 3 is 3.17 bits per heavy atom. The summed E-state index contributed by atoms with van der Waals surface area (Å²) in [5, 5.41) is 12.4. The van der Waals surface area contributed by atoms with Crippen molar-refractivity contribution in [3.05, 3.63) is 24.0 Å². The highest BCUT2D eigenvalue weighted by Gasteiger charge is 1.90. The van der Waals surface area contributed by atoms with Crippen LogP contribution in [0.4, 0.5) is 0 Å². The van der Waals surface area contributed by atoms with E-state index in [0.717, 1.165) is 12.1 Å². The van der Waals surface area contributed by atoms with Crippen molar-refractivity contribution in [2.75, 3.05) is 0 Å². The number of hydrogen-bond acceptors (Lipinski definition) is 2. The molecule has 0 aromatic carbocycles. The minimum Gasteiger partial charge on any atom is -0.272 e. The highest BCUT2D eigenvalue weighted by molar-refractivity contribution is 5.46. The summed E-state index contributed by atoms with van der Waals surface area (Å²) in [5.41, 5.74) is 1.05. The van der Waals surface area contributed by atoms with Gasteiger partial charge in [0.2, 0.25) is 0 Å². The van der Waals surface area contributed by atoms with Gasteiger partial charge in [0.05, 0.1) is 18.7 Å². The van der Waals surface area contributed by atoms with Crippen LogP contribution in [-0.2, 0) is 6.54 Å². The molecular formula is C9H11N3. The van der Waals surface area contributed by atoms with Crippen LogP contribution in [0.25, 0.3) is 6.08 Å². The molecule has 1 heterocycles. The average molecular weight is 161 g/mol. The standard InChI is InChI=1S/C9H11N3/c1-2-12-8-9(7-11-12)5-3-4-6-10/h3,5,7-8H,2,4H2,1H3. The molecule has 0 radical (unpaired) electrons. The lowest BCUT2D eigenvalue weighted by Gasteiger charge is -1.88. The second kappa shape index (κ2) is 4.35. The molecule has 3 nitrogen and oxygen atoms in total. The van der Waals surface area contributed by atoms with Gasteiger partial charge in [-0.3, -0.25) is 4.68 Å². The third-order valence-electron chi connectivity index (χ3n) is 1.50. The van der Waals surface area contributed by atoms with Crippen molar-refractivity contribution in [2.24, 2.45) is 0 Å². The molecule has 0 fully saturated rings. The number of aromatic nitrogens is 2. The Labute approximate surface area is 71.9 Å². The summed E-state index contributed by atoms with van der Waals surface area (Å²) < 4.78 is 1.85. The number of rotatable bonds is 3. The predicted molar refractivity (Wildman–Crippen MR) is 47.2 cm³/mol. The van der Waals surface area contributed by atoms with Gasteiger partial charge < -0.3 is 0 Å². The molecule has 0 N–H and O–H groups in total. The van der Waals surface area contributed by atoms with E-state index in [0.29, 0.717) is 6.42 Å². The molecule has 0 aliphatic heterocycles. The van der Waals surface area contributed by atoms with E-state index in [1.165, 1.54) is 0 Å². The minimum atomic E-state index is 0.456. The smallest absolute Gasteiger partial charge is 0.0663 e. The second-order valence-corrected chi connectivity index (χ2v) is 2.39. The summed E-state index contributed by atoms with van der Waals surface area (Å²) in [6, 6.07) is 2.04. The summed E-state index contributed by atoms with van der Waals surface area (Å²) in [7, 11) is 0. The molecule has 0 aliphatic carbocycles. The zero-order valence-corrected chi connectivity index (χ0v) is 7.07. The molecule has 0 unspecified atom stereocenters. The first kappa shape index (κ1) is 8.54. The maximum absolute atomic E-state index is 8.27. The Kier molecular flexibility index (Phi) is 3.09. The monoisotopic (exact) mass is 161 g/mol. The van der Waals surface area contributed by atoms with Gasteiger partial charge in [-0.15, -0.1) is 0 Å². The van der Waals surface area contributed by atoms with E-state index in [4.69, 9.17) is 5.26 Å². The van der Waals surface area contributed by atoms with Gasteiger partial charge in [0, 0.05) is 18.3 Å². The van der Waals surface area contributed by atoms with Crippen molar-refractivity contribution >= 4 is 6.08 Å². The first-order valence-electron chi connectivity index (χ1n) is 3.92. The van der Waals surface area contributed by atoms with E-state index < -0.39 is 0 Å².